The quantitative estimate of drug-likeness (QED) is 0.646. The van der Waals surface area contributed by atoms with E-state index in [4.69, 9.17) is 0 Å². The molecule has 0 aliphatic heterocycles. The molecule has 0 aromatic heterocycles. The van der Waals surface area contributed by atoms with Crippen molar-refractivity contribution in [3.05, 3.63) is 0 Å². The molecule has 0 bridgehead atoms. The summed E-state index contributed by atoms with van der Waals surface area (Å²) < 4.78 is 0. The molecule has 0 aromatic carbocycles. The van der Waals surface area contributed by atoms with E-state index in [0.29, 0.717) is 6.04 Å². The van der Waals surface area contributed by atoms with Gasteiger partial charge in [0.1, 0.15) is 0 Å². The Labute approximate surface area is 71.0 Å². The van der Waals surface area contributed by atoms with Crippen molar-refractivity contribution < 1.29 is 0 Å². The van der Waals surface area contributed by atoms with Gasteiger partial charge in [0.25, 0.3) is 0 Å². The molecule has 0 heterocycles. The Kier molecular flexibility index (Phi) is 5.51. The van der Waals surface area contributed by atoms with E-state index in [0.717, 1.165) is 19.0 Å². The Bertz CT molecular complexity index is 91.6. The molecule has 0 saturated heterocycles. The lowest BCUT2D eigenvalue weighted by molar-refractivity contribution is 0.235. The molecule has 0 aliphatic rings. The highest BCUT2D eigenvalue weighted by atomic mass is 15.1. The minimum atomic E-state index is 0.661. The van der Waals surface area contributed by atoms with Crippen LogP contribution >= 0.6 is 0 Å². The van der Waals surface area contributed by atoms with Gasteiger partial charge in [-0.1, -0.05) is 13.8 Å². The third-order valence-electron chi connectivity index (χ3n) is 2.35. The van der Waals surface area contributed by atoms with E-state index in [1.807, 2.05) is 0 Å². The van der Waals surface area contributed by atoms with Crippen molar-refractivity contribution in [3.8, 4) is 0 Å². The van der Waals surface area contributed by atoms with Gasteiger partial charge in [0, 0.05) is 6.04 Å². The second-order valence-electron chi connectivity index (χ2n) is 3.49. The molecule has 0 aliphatic carbocycles. The molecule has 0 saturated carbocycles. The highest BCUT2D eigenvalue weighted by Gasteiger charge is 2.12. The van der Waals surface area contributed by atoms with Crippen LogP contribution in [-0.4, -0.2) is 38.1 Å². The van der Waals surface area contributed by atoms with Gasteiger partial charge in [0.15, 0.2) is 0 Å². The zero-order valence-electron chi connectivity index (χ0n) is 8.52. The zero-order valence-corrected chi connectivity index (χ0v) is 8.52. The Morgan fingerprint density at radius 2 is 1.82 bits per heavy atom. The summed E-state index contributed by atoms with van der Waals surface area (Å²) in [6, 6.07) is 0.661. The van der Waals surface area contributed by atoms with Crippen LogP contribution in [0.1, 0.15) is 20.8 Å². The molecule has 0 rings (SSSR count). The summed E-state index contributed by atoms with van der Waals surface area (Å²) in [5, 5.41) is 3.36. The van der Waals surface area contributed by atoms with Crippen molar-refractivity contribution in [2.45, 2.75) is 26.8 Å². The Hall–Kier alpha value is -0.0800. The molecule has 0 amide bonds. The number of hydrogen-bond donors (Lipinski definition) is 1. The fourth-order valence-electron chi connectivity index (χ4n) is 1.05. The number of rotatable bonds is 5. The van der Waals surface area contributed by atoms with E-state index in [-0.39, 0.29) is 0 Å². The van der Waals surface area contributed by atoms with Gasteiger partial charge in [0.05, 0.1) is 0 Å². The first-order valence-corrected chi connectivity index (χ1v) is 4.46. The highest BCUT2D eigenvalue weighted by Crippen LogP contribution is 2.05. The molecule has 2 unspecified atom stereocenters. The van der Waals surface area contributed by atoms with Crippen LogP contribution in [0.3, 0.4) is 0 Å². The molecule has 2 nitrogen and oxygen atoms in total. The van der Waals surface area contributed by atoms with Gasteiger partial charge < -0.3 is 10.2 Å². The summed E-state index contributed by atoms with van der Waals surface area (Å²) in [5.41, 5.74) is 0. The van der Waals surface area contributed by atoms with Crippen LogP contribution in [0.15, 0.2) is 0 Å². The maximum absolute atomic E-state index is 3.36. The van der Waals surface area contributed by atoms with Crippen molar-refractivity contribution in [2.75, 3.05) is 27.2 Å². The van der Waals surface area contributed by atoms with Crippen LogP contribution in [0.5, 0.6) is 0 Å². The number of hydrogen-bond acceptors (Lipinski definition) is 2. The molecule has 0 fully saturated rings. The predicted molar refractivity (Wildman–Crippen MR) is 50.9 cm³/mol. The van der Waals surface area contributed by atoms with Crippen molar-refractivity contribution in [3.63, 3.8) is 0 Å². The SMILES string of the molecule is CCNCC(C)C(C)N(C)C. The number of nitrogens with one attached hydrogen (secondary N) is 1. The van der Waals surface area contributed by atoms with Crippen LogP contribution < -0.4 is 5.32 Å². The first-order chi connectivity index (χ1) is 5.09. The molecule has 1 N–H and O–H groups in total. The minimum Gasteiger partial charge on any atom is -0.317 e. The smallest absolute Gasteiger partial charge is 0.00985 e. The summed E-state index contributed by atoms with van der Waals surface area (Å²) in [4.78, 5) is 2.27. The molecule has 0 aromatic rings. The molecule has 2 heteroatoms. The van der Waals surface area contributed by atoms with E-state index in [2.05, 4.69) is 45.1 Å². The van der Waals surface area contributed by atoms with E-state index < -0.39 is 0 Å². The molecular weight excluding hydrogens is 136 g/mol. The third-order valence-corrected chi connectivity index (χ3v) is 2.35. The summed E-state index contributed by atoms with van der Waals surface area (Å²) in [6.45, 7) is 8.89. The molecule has 2 atom stereocenters. The lowest BCUT2D eigenvalue weighted by Crippen LogP contribution is -2.36. The van der Waals surface area contributed by atoms with Crippen molar-refractivity contribution >= 4 is 0 Å². The second-order valence-corrected chi connectivity index (χ2v) is 3.49. The normalized spacial score (nSPS) is 16.9. The molecule has 0 radical (unpaired) electrons. The van der Waals surface area contributed by atoms with E-state index in [1.165, 1.54) is 0 Å². The molecular formula is C9H22N2. The van der Waals surface area contributed by atoms with Crippen molar-refractivity contribution in [1.82, 2.24) is 10.2 Å². The van der Waals surface area contributed by atoms with E-state index in [9.17, 15) is 0 Å². The predicted octanol–water partition coefficient (Wildman–Crippen LogP) is 1.18. The van der Waals surface area contributed by atoms with Crippen LogP contribution in [0.4, 0.5) is 0 Å². The van der Waals surface area contributed by atoms with Gasteiger partial charge in [-0.15, -0.1) is 0 Å². The highest BCUT2D eigenvalue weighted by molar-refractivity contribution is 4.69. The van der Waals surface area contributed by atoms with Gasteiger partial charge in [0.2, 0.25) is 0 Å². The van der Waals surface area contributed by atoms with E-state index in [1.54, 1.807) is 0 Å². The van der Waals surface area contributed by atoms with Gasteiger partial charge in [-0.2, -0.15) is 0 Å². The summed E-state index contributed by atoms with van der Waals surface area (Å²) in [5.74, 6) is 0.727. The Balaban J connectivity index is 3.55. The van der Waals surface area contributed by atoms with Crippen LogP contribution in [0.25, 0.3) is 0 Å². The van der Waals surface area contributed by atoms with Gasteiger partial charge in [-0.25, -0.2) is 0 Å². The maximum Gasteiger partial charge on any atom is 0.00985 e. The van der Waals surface area contributed by atoms with Crippen LogP contribution in [0, 0.1) is 5.92 Å². The fraction of sp³-hybridized carbons (Fsp3) is 1.00. The number of nitrogens with zero attached hydrogens (tertiary/aromatic N) is 1. The lowest BCUT2D eigenvalue weighted by Gasteiger charge is -2.26. The maximum atomic E-state index is 3.36. The first kappa shape index (κ1) is 10.9. The summed E-state index contributed by atoms with van der Waals surface area (Å²) >= 11 is 0. The fourth-order valence-corrected chi connectivity index (χ4v) is 1.05. The summed E-state index contributed by atoms with van der Waals surface area (Å²) in [7, 11) is 4.26. The van der Waals surface area contributed by atoms with Crippen LogP contribution in [-0.2, 0) is 0 Å². The van der Waals surface area contributed by atoms with Gasteiger partial charge >= 0.3 is 0 Å². The molecule has 0 spiro atoms. The van der Waals surface area contributed by atoms with Gasteiger partial charge in [-0.05, 0) is 40.0 Å². The average Bonchev–Trinajstić information content (AvgIpc) is 1.98. The largest absolute Gasteiger partial charge is 0.317 e. The Morgan fingerprint density at radius 1 is 1.27 bits per heavy atom. The standard InChI is InChI=1S/C9H22N2/c1-6-10-7-8(2)9(3)11(4)5/h8-10H,6-7H2,1-5H3. The summed E-state index contributed by atoms with van der Waals surface area (Å²) in [6.07, 6.45) is 0. The van der Waals surface area contributed by atoms with E-state index >= 15 is 0 Å². The zero-order chi connectivity index (χ0) is 8.85. The average molecular weight is 158 g/mol. The molecule has 11 heavy (non-hydrogen) atoms. The van der Waals surface area contributed by atoms with Gasteiger partial charge in [-0.3, -0.25) is 0 Å². The molecule has 68 valence electrons. The van der Waals surface area contributed by atoms with Crippen molar-refractivity contribution in [1.29, 1.82) is 0 Å². The van der Waals surface area contributed by atoms with Crippen LogP contribution in [0.2, 0.25) is 0 Å². The lowest BCUT2D eigenvalue weighted by atomic mass is 10.0. The second kappa shape index (κ2) is 5.56. The first-order valence-electron chi connectivity index (χ1n) is 4.46. The van der Waals surface area contributed by atoms with Crippen molar-refractivity contribution in [2.24, 2.45) is 5.92 Å². The Morgan fingerprint density at radius 3 is 2.18 bits per heavy atom. The topological polar surface area (TPSA) is 15.3 Å². The monoisotopic (exact) mass is 158 g/mol. The third kappa shape index (κ3) is 4.38. The minimum absolute atomic E-state index is 0.661.